The highest BCUT2D eigenvalue weighted by Gasteiger charge is 2.48. The molecule has 0 amide bonds. The quantitative estimate of drug-likeness (QED) is 0.118. The van der Waals surface area contributed by atoms with Crippen molar-refractivity contribution in [3.63, 3.8) is 0 Å². The highest BCUT2D eigenvalue weighted by Crippen LogP contribution is 2.31. The molecule has 1 aliphatic rings. The lowest BCUT2D eigenvalue weighted by Gasteiger charge is -2.45. The van der Waals surface area contributed by atoms with E-state index in [0.717, 1.165) is 22.3 Å². The predicted molar refractivity (Wildman–Crippen MR) is 197 cm³/mol. The van der Waals surface area contributed by atoms with Crippen LogP contribution in [0.4, 0.5) is 5.95 Å². The number of rotatable bonds is 17. The largest absolute Gasteiger partial charge is 0.471 e. The van der Waals surface area contributed by atoms with Gasteiger partial charge in [0.1, 0.15) is 37.8 Å². The Hall–Kier alpha value is -5.21. The number of imidazole rings is 1. The number of hydrogen-bond acceptors (Lipinski definition) is 11. The van der Waals surface area contributed by atoms with Gasteiger partial charge in [0.25, 0.3) is 0 Å². The van der Waals surface area contributed by atoms with Gasteiger partial charge < -0.3 is 38.9 Å². The Morgan fingerprint density at radius 2 is 1.15 bits per heavy atom. The smallest absolute Gasteiger partial charge is 0.247 e. The average Bonchev–Trinajstić information content (AvgIpc) is 3.61. The number of ether oxygens (including phenoxy) is 7. The van der Waals surface area contributed by atoms with Crippen LogP contribution in [-0.4, -0.2) is 63.9 Å². The zero-order valence-electron chi connectivity index (χ0n) is 29.5. The molecular weight excluding hydrogens is 674 g/mol. The lowest BCUT2D eigenvalue weighted by Crippen LogP contribution is -2.61. The number of aromatic nitrogens is 4. The first-order valence-electron chi connectivity index (χ1n) is 17.5. The van der Waals surface area contributed by atoms with Crippen LogP contribution in [0.3, 0.4) is 0 Å². The number of nitrogens with two attached hydrogens (primary N) is 1. The number of hydrogen-bond donors (Lipinski definition) is 1. The summed E-state index contributed by atoms with van der Waals surface area (Å²) < 4.78 is 46.4. The molecule has 53 heavy (non-hydrogen) atoms. The Kier molecular flexibility index (Phi) is 12.3. The summed E-state index contributed by atoms with van der Waals surface area (Å²) in [4.78, 5) is 13.3. The van der Waals surface area contributed by atoms with E-state index >= 15 is 0 Å². The van der Waals surface area contributed by atoms with E-state index in [1.165, 1.54) is 0 Å². The van der Waals surface area contributed by atoms with Crippen LogP contribution < -0.4 is 10.5 Å². The first-order chi connectivity index (χ1) is 26.1. The van der Waals surface area contributed by atoms with Crippen molar-refractivity contribution in [1.82, 2.24) is 19.5 Å². The van der Waals surface area contributed by atoms with Crippen molar-refractivity contribution in [1.29, 1.82) is 0 Å². The molecule has 0 saturated carbocycles. The third-order valence-corrected chi connectivity index (χ3v) is 8.86. The molecule has 0 radical (unpaired) electrons. The lowest BCUT2D eigenvalue weighted by atomic mass is 9.98. The Bertz CT molecular complexity index is 1990. The summed E-state index contributed by atoms with van der Waals surface area (Å²) in [6.07, 6.45) is -1.54. The van der Waals surface area contributed by atoms with Gasteiger partial charge in [0, 0.05) is 7.11 Å². The minimum atomic E-state index is -0.768. The lowest BCUT2D eigenvalue weighted by molar-refractivity contribution is -0.323. The van der Waals surface area contributed by atoms with Gasteiger partial charge in [-0.05, 0) is 22.3 Å². The van der Waals surface area contributed by atoms with E-state index in [2.05, 4.69) is 15.0 Å². The van der Waals surface area contributed by atoms with Crippen LogP contribution in [0.25, 0.3) is 11.2 Å². The molecule has 5 atom stereocenters. The first-order valence-corrected chi connectivity index (χ1v) is 17.5. The van der Waals surface area contributed by atoms with E-state index in [4.69, 9.17) is 38.9 Å². The van der Waals surface area contributed by atoms with Gasteiger partial charge in [-0.1, -0.05) is 121 Å². The van der Waals surface area contributed by atoms with Crippen LogP contribution in [0.15, 0.2) is 128 Å². The molecule has 1 fully saturated rings. The van der Waals surface area contributed by atoms with Crippen molar-refractivity contribution in [3.05, 3.63) is 150 Å². The minimum Gasteiger partial charge on any atom is -0.471 e. The molecule has 3 heterocycles. The van der Waals surface area contributed by atoms with Crippen LogP contribution in [0.5, 0.6) is 5.88 Å². The molecule has 2 aromatic heterocycles. The maximum Gasteiger partial charge on any atom is 0.247 e. The van der Waals surface area contributed by atoms with E-state index in [1.54, 1.807) is 18.0 Å². The summed E-state index contributed by atoms with van der Waals surface area (Å²) in [6, 6.07) is 39.8. The zero-order valence-corrected chi connectivity index (χ0v) is 29.5. The fourth-order valence-electron chi connectivity index (χ4n) is 6.19. The highest BCUT2D eigenvalue weighted by atomic mass is 16.7. The predicted octanol–water partition coefficient (Wildman–Crippen LogP) is 6.09. The summed E-state index contributed by atoms with van der Waals surface area (Å²) in [5.74, 6) is 0.359. The Labute approximate surface area is 308 Å². The molecule has 0 aliphatic carbocycles. The van der Waals surface area contributed by atoms with E-state index in [9.17, 15) is 0 Å². The Morgan fingerprint density at radius 3 is 1.70 bits per heavy atom. The van der Waals surface area contributed by atoms with Gasteiger partial charge in [-0.25, -0.2) is 4.98 Å². The molecule has 0 spiro atoms. The molecule has 4 aromatic carbocycles. The van der Waals surface area contributed by atoms with Crippen molar-refractivity contribution < 1.29 is 33.2 Å². The van der Waals surface area contributed by atoms with Crippen molar-refractivity contribution in [3.8, 4) is 5.88 Å². The number of methoxy groups -OCH3 is 1. The van der Waals surface area contributed by atoms with Gasteiger partial charge in [-0.3, -0.25) is 4.57 Å². The molecule has 0 bridgehead atoms. The molecule has 0 unspecified atom stereocenters. The maximum absolute atomic E-state index is 6.70. The van der Waals surface area contributed by atoms with Gasteiger partial charge >= 0.3 is 0 Å². The fraction of sp³-hybridized carbons (Fsp3) is 0.293. The van der Waals surface area contributed by atoms with Gasteiger partial charge in [-0.15, -0.1) is 0 Å². The second kappa shape index (κ2) is 18.0. The third kappa shape index (κ3) is 9.43. The molecule has 1 saturated heterocycles. The molecule has 12 nitrogen and oxygen atoms in total. The molecule has 7 rings (SSSR count). The molecule has 274 valence electrons. The third-order valence-electron chi connectivity index (χ3n) is 8.86. The van der Waals surface area contributed by atoms with Gasteiger partial charge in [0.15, 0.2) is 17.5 Å². The number of nitrogens with zero attached hydrogens (tertiary/aromatic N) is 4. The van der Waals surface area contributed by atoms with Crippen LogP contribution >= 0.6 is 0 Å². The van der Waals surface area contributed by atoms with Crippen molar-refractivity contribution in [2.45, 2.75) is 63.9 Å². The molecule has 12 heteroatoms. The summed E-state index contributed by atoms with van der Waals surface area (Å²) in [5, 5.41) is 0. The molecule has 6 aromatic rings. The summed E-state index contributed by atoms with van der Waals surface area (Å²) in [5.41, 5.74) is 11.1. The van der Waals surface area contributed by atoms with Crippen molar-refractivity contribution in [2.75, 3.05) is 19.5 Å². The SMILES string of the molecule is CO[C@H]1O[C@H](COCn2cnc3c(OCc4ccccc4)nc(N)nc32)[C@@H](OCc2ccccc2)[C@H](OCc2ccccc2)[C@H]1OCc1ccccc1. The number of anilines is 1. The van der Waals surface area contributed by atoms with E-state index in [1.807, 2.05) is 121 Å². The monoisotopic (exact) mass is 717 g/mol. The Balaban J connectivity index is 1.11. The van der Waals surface area contributed by atoms with Gasteiger partial charge in [-0.2, -0.15) is 9.97 Å². The number of nitrogen functional groups attached to an aromatic ring is 1. The number of benzene rings is 4. The maximum atomic E-state index is 6.70. The standard InChI is InChI=1S/C41H43N5O7/c1-47-40-37(51-24-31-18-10-4-11-19-31)36(50-23-30-16-8-3-9-17-30)35(49-22-29-14-6-2-7-15-29)33(53-40)26-48-28-46-27-43-34-38(46)44-41(42)45-39(34)52-25-32-20-12-5-13-21-32/h2-21,27,33,35-37,40H,22-26,28H2,1H3,(H2,42,44,45)/t33-,35-,36+,37-,40+/m1/s1. The van der Waals surface area contributed by atoms with Crippen molar-refractivity contribution >= 4 is 17.1 Å². The molecule has 2 N–H and O–H groups in total. The highest BCUT2D eigenvalue weighted by molar-refractivity contribution is 5.77. The summed E-state index contributed by atoms with van der Waals surface area (Å²) >= 11 is 0. The van der Waals surface area contributed by atoms with E-state index in [-0.39, 0.29) is 19.3 Å². The zero-order chi connectivity index (χ0) is 36.2. The first kappa shape index (κ1) is 36.2. The second-order valence-electron chi connectivity index (χ2n) is 12.6. The van der Waals surface area contributed by atoms with Gasteiger partial charge in [0.05, 0.1) is 32.8 Å². The van der Waals surface area contributed by atoms with E-state index in [0.29, 0.717) is 43.5 Å². The normalized spacial score (nSPS) is 20.1. The minimum absolute atomic E-state index is 0.0650. The summed E-state index contributed by atoms with van der Waals surface area (Å²) in [7, 11) is 1.60. The molecule has 1 aliphatic heterocycles. The van der Waals surface area contributed by atoms with Gasteiger partial charge in [0.2, 0.25) is 11.8 Å². The van der Waals surface area contributed by atoms with E-state index < -0.39 is 30.7 Å². The second-order valence-corrected chi connectivity index (χ2v) is 12.6. The van der Waals surface area contributed by atoms with Crippen LogP contribution in [0.2, 0.25) is 0 Å². The van der Waals surface area contributed by atoms with Crippen LogP contribution in [0, 0.1) is 0 Å². The van der Waals surface area contributed by atoms with Crippen LogP contribution in [0.1, 0.15) is 22.3 Å². The van der Waals surface area contributed by atoms with Crippen LogP contribution in [-0.2, 0) is 61.6 Å². The topological polar surface area (TPSA) is 134 Å². The summed E-state index contributed by atoms with van der Waals surface area (Å²) in [6.45, 7) is 1.53. The Morgan fingerprint density at radius 1 is 0.642 bits per heavy atom. The molecular formula is C41H43N5O7. The average molecular weight is 718 g/mol. The number of fused-ring (bicyclic) bond motifs is 1. The fourth-order valence-corrected chi connectivity index (χ4v) is 6.19. The van der Waals surface area contributed by atoms with Crippen molar-refractivity contribution in [2.24, 2.45) is 0 Å².